The molecule has 7 heteroatoms. The second-order valence-electron chi connectivity index (χ2n) is 7.29. The molecule has 148 valence electrons. The van der Waals surface area contributed by atoms with Crippen LogP contribution in [0.2, 0.25) is 0 Å². The number of rotatable bonds is 5. The zero-order valence-corrected chi connectivity index (χ0v) is 18.2. The molecule has 0 saturated heterocycles. The number of hydrogen-bond donors (Lipinski definition) is 2. The zero-order valence-electron chi connectivity index (χ0n) is 17.4. The third kappa shape index (κ3) is 4.25. The summed E-state index contributed by atoms with van der Waals surface area (Å²) >= 11 is 5.55. The van der Waals surface area contributed by atoms with Crippen molar-refractivity contribution >= 4 is 23.0 Å². The van der Waals surface area contributed by atoms with E-state index in [4.69, 9.17) is 17.3 Å². The van der Waals surface area contributed by atoms with Crippen molar-refractivity contribution in [2.75, 3.05) is 5.32 Å². The van der Waals surface area contributed by atoms with E-state index in [9.17, 15) is 0 Å². The summed E-state index contributed by atoms with van der Waals surface area (Å²) in [5.41, 5.74) is 7.62. The third-order valence-electron chi connectivity index (χ3n) is 5.07. The molecule has 0 bridgehead atoms. The molecule has 0 aliphatic heterocycles. The Kier molecular flexibility index (Phi) is 5.84. The maximum atomic E-state index is 5.55. The van der Waals surface area contributed by atoms with E-state index in [2.05, 4.69) is 60.8 Å². The van der Waals surface area contributed by atoms with E-state index in [1.54, 1.807) is 0 Å². The van der Waals surface area contributed by atoms with Crippen LogP contribution in [-0.4, -0.2) is 24.7 Å². The summed E-state index contributed by atoms with van der Waals surface area (Å²) < 4.78 is 3.85. The second-order valence-corrected chi connectivity index (χ2v) is 7.70. The number of benzene rings is 1. The molecule has 1 unspecified atom stereocenters. The second kappa shape index (κ2) is 8.14. The highest BCUT2D eigenvalue weighted by atomic mass is 32.1. The molecule has 0 aliphatic carbocycles. The Morgan fingerprint density at radius 2 is 1.82 bits per heavy atom. The third-order valence-corrected chi connectivity index (χ3v) is 5.29. The molecule has 0 amide bonds. The number of anilines is 1. The summed E-state index contributed by atoms with van der Waals surface area (Å²) in [7, 11) is 1.93. The molecular formula is C21H28N6S. The molecule has 0 radical (unpaired) electrons. The highest BCUT2D eigenvalue weighted by Gasteiger charge is 2.16. The summed E-state index contributed by atoms with van der Waals surface area (Å²) in [4.78, 5) is 0. The quantitative estimate of drug-likeness (QED) is 0.640. The van der Waals surface area contributed by atoms with E-state index in [0.717, 1.165) is 34.9 Å². The van der Waals surface area contributed by atoms with Gasteiger partial charge in [-0.2, -0.15) is 10.2 Å². The van der Waals surface area contributed by atoms with Gasteiger partial charge in [-0.15, -0.1) is 0 Å². The van der Waals surface area contributed by atoms with Crippen LogP contribution in [0, 0.1) is 27.7 Å². The van der Waals surface area contributed by atoms with Crippen molar-refractivity contribution in [1.29, 1.82) is 0 Å². The van der Waals surface area contributed by atoms with Crippen LogP contribution in [0.25, 0.3) is 0 Å². The molecule has 1 aromatic carbocycles. The van der Waals surface area contributed by atoms with Crippen LogP contribution in [-0.2, 0) is 13.6 Å². The van der Waals surface area contributed by atoms with Gasteiger partial charge in [0.25, 0.3) is 0 Å². The molecule has 0 saturated carbocycles. The molecule has 2 N–H and O–H groups in total. The highest BCUT2D eigenvalue weighted by molar-refractivity contribution is 7.80. The molecule has 6 nitrogen and oxygen atoms in total. The van der Waals surface area contributed by atoms with Gasteiger partial charge in [-0.25, -0.2) is 0 Å². The van der Waals surface area contributed by atoms with Crippen LogP contribution < -0.4 is 10.6 Å². The Bertz CT molecular complexity index is 1000. The van der Waals surface area contributed by atoms with Gasteiger partial charge >= 0.3 is 0 Å². The van der Waals surface area contributed by atoms with Gasteiger partial charge in [0, 0.05) is 18.8 Å². The molecule has 3 aromatic rings. The Hall–Kier alpha value is -2.67. The van der Waals surface area contributed by atoms with Gasteiger partial charge in [-0.3, -0.25) is 9.36 Å². The Balaban J connectivity index is 1.72. The van der Waals surface area contributed by atoms with Crippen molar-refractivity contribution in [2.45, 2.75) is 47.2 Å². The van der Waals surface area contributed by atoms with Crippen LogP contribution >= 0.6 is 12.2 Å². The van der Waals surface area contributed by atoms with E-state index >= 15 is 0 Å². The van der Waals surface area contributed by atoms with E-state index in [-0.39, 0.29) is 6.04 Å². The van der Waals surface area contributed by atoms with E-state index in [1.807, 2.05) is 36.5 Å². The minimum atomic E-state index is 0.0660. The number of nitrogens with zero attached hydrogens (tertiary/aromatic N) is 4. The van der Waals surface area contributed by atoms with Crippen LogP contribution in [0.3, 0.4) is 0 Å². The van der Waals surface area contributed by atoms with Gasteiger partial charge in [-0.05, 0) is 58.0 Å². The number of aromatic nitrogens is 4. The predicted molar refractivity (Wildman–Crippen MR) is 118 cm³/mol. The largest absolute Gasteiger partial charge is 0.356 e. The molecule has 0 aliphatic rings. The molecule has 28 heavy (non-hydrogen) atoms. The topological polar surface area (TPSA) is 59.7 Å². The lowest BCUT2D eigenvalue weighted by Crippen LogP contribution is -2.31. The van der Waals surface area contributed by atoms with Crippen LogP contribution in [0.4, 0.5) is 5.69 Å². The molecule has 0 spiro atoms. The number of hydrogen-bond acceptors (Lipinski definition) is 3. The number of thiocarbonyl (C=S) groups is 1. The summed E-state index contributed by atoms with van der Waals surface area (Å²) in [5, 5.41) is 16.4. The van der Waals surface area contributed by atoms with Crippen molar-refractivity contribution in [3.05, 3.63) is 64.2 Å². The maximum Gasteiger partial charge on any atom is 0.171 e. The summed E-state index contributed by atoms with van der Waals surface area (Å²) in [5.74, 6) is 0. The monoisotopic (exact) mass is 396 g/mol. The fraction of sp³-hybridized carbons (Fsp3) is 0.381. The lowest BCUT2D eigenvalue weighted by Gasteiger charge is -2.17. The van der Waals surface area contributed by atoms with Crippen molar-refractivity contribution in [2.24, 2.45) is 7.05 Å². The Labute approximate surface area is 172 Å². The van der Waals surface area contributed by atoms with Crippen LogP contribution in [0.1, 0.15) is 46.7 Å². The van der Waals surface area contributed by atoms with Crippen LogP contribution in [0.15, 0.2) is 30.5 Å². The van der Waals surface area contributed by atoms with Crippen molar-refractivity contribution in [3.63, 3.8) is 0 Å². The molecule has 2 heterocycles. The Morgan fingerprint density at radius 1 is 1.11 bits per heavy atom. The molecular weight excluding hydrogens is 368 g/mol. The summed E-state index contributed by atoms with van der Waals surface area (Å²) in [6.45, 7) is 11.0. The van der Waals surface area contributed by atoms with Crippen molar-refractivity contribution in [3.8, 4) is 0 Å². The van der Waals surface area contributed by atoms with Gasteiger partial charge in [0.05, 0.1) is 35.4 Å². The summed E-state index contributed by atoms with van der Waals surface area (Å²) in [6.07, 6.45) is 2.02. The SMILES string of the molecule is Cc1ccccc1Cn1nc(C)c(NC(=S)NC(C)c2cn(C)nc2C)c1C. The minimum Gasteiger partial charge on any atom is -0.356 e. The standard InChI is InChI=1S/C21H28N6S/c1-13-9-7-8-10-18(13)11-27-17(5)20(16(4)25-27)23-21(28)22-14(2)19-12-26(6)24-15(19)3/h7-10,12,14H,11H2,1-6H3,(H2,22,23,28). The van der Waals surface area contributed by atoms with E-state index in [0.29, 0.717) is 5.11 Å². The van der Waals surface area contributed by atoms with Gasteiger partial charge in [0.15, 0.2) is 5.11 Å². The first-order valence-corrected chi connectivity index (χ1v) is 9.83. The highest BCUT2D eigenvalue weighted by Crippen LogP contribution is 2.22. The average molecular weight is 397 g/mol. The summed E-state index contributed by atoms with van der Waals surface area (Å²) in [6, 6.07) is 8.46. The van der Waals surface area contributed by atoms with Gasteiger partial charge in [0.1, 0.15) is 0 Å². The first kappa shape index (κ1) is 20.1. The molecule has 3 rings (SSSR count). The number of nitrogens with one attached hydrogen (secondary N) is 2. The average Bonchev–Trinajstić information content (AvgIpc) is 3.10. The molecule has 1 atom stereocenters. The molecule has 0 fully saturated rings. The predicted octanol–water partition coefficient (Wildman–Crippen LogP) is 3.95. The van der Waals surface area contributed by atoms with Crippen LogP contribution in [0.5, 0.6) is 0 Å². The van der Waals surface area contributed by atoms with Crippen molar-refractivity contribution < 1.29 is 0 Å². The van der Waals surface area contributed by atoms with Gasteiger partial charge < -0.3 is 10.6 Å². The Morgan fingerprint density at radius 3 is 2.46 bits per heavy atom. The fourth-order valence-corrected chi connectivity index (χ4v) is 3.73. The van der Waals surface area contributed by atoms with E-state index < -0.39 is 0 Å². The smallest absolute Gasteiger partial charge is 0.171 e. The first-order chi connectivity index (χ1) is 13.3. The fourth-order valence-electron chi connectivity index (χ4n) is 3.45. The van der Waals surface area contributed by atoms with E-state index in [1.165, 1.54) is 11.1 Å². The van der Waals surface area contributed by atoms with Gasteiger partial charge in [0.2, 0.25) is 0 Å². The lowest BCUT2D eigenvalue weighted by atomic mass is 10.1. The normalized spacial score (nSPS) is 12.1. The van der Waals surface area contributed by atoms with Crippen molar-refractivity contribution in [1.82, 2.24) is 24.9 Å². The zero-order chi connectivity index (χ0) is 20.4. The minimum absolute atomic E-state index is 0.0660. The van der Waals surface area contributed by atoms with Gasteiger partial charge in [-0.1, -0.05) is 24.3 Å². The first-order valence-electron chi connectivity index (χ1n) is 9.42. The molecule has 2 aromatic heterocycles. The number of aryl methyl sites for hydroxylation is 4. The lowest BCUT2D eigenvalue weighted by molar-refractivity contribution is 0.657. The maximum absolute atomic E-state index is 5.55.